The van der Waals surface area contributed by atoms with Crippen molar-refractivity contribution in [1.82, 2.24) is 0 Å². The van der Waals surface area contributed by atoms with Crippen molar-refractivity contribution in [2.45, 2.75) is 0 Å². The van der Waals surface area contributed by atoms with Gasteiger partial charge in [0.05, 0.1) is 11.1 Å². The summed E-state index contributed by atoms with van der Waals surface area (Å²) in [5, 5.41) is 1.52. The van der Waals surface area contributed by atoms with E-state index in [1.807, 2.05) is 0 Å². The molecule has 3 heteroatoms. The first kappa shape index (κ1) is 8.17. The highest BCUT2D eigenvalue weighted by molar-refractivity contribution is 6.21. The molecule has 1 heterocycles. The lowest BCUT2D eigenvalue weighted by Crippen LogP contribution is -1.97. The van der Waals surface area contributed by atoms with Crippen LogP contribution in [0.15, 0.2) is 30.3 Å². The Labute approximate surface area is 85.3 Å². The smallest absolute Gasteiger partial charge is 0.347 e. The molecule has 0 N–H and O–H groups in total. The molecule has 0 aromatic heterocycles. The summed E-state index contributed by atoms with van der Waals surface area (Å²) in [6.45, 7) is 0. The van der Waals surface area contributed by atoms with Crippen LogP contribution in [0.1, 0.15) is 20.7 Å². The molecule has 0 bridgehead atoms. The summed E-state index contributed by atoms with van der Waals surface area (Å²) >= 11 is 0. The molecule has 3 nitrogen and oxygen atoms in total. The topological polar surface area (TPSA) is 43.4 Å². The van der Waals surface area contributed by atoms with Crippen LogP contribution in [-0.2, 0) is 4.74 Å². The van der Waals surface area contributed by atoms with Crippen LogP contribution >= 0.6 is 0 Å². The maximum atomic E-state index is 11.4. The van der Waals surface area contributed by atoms with Crippen molar-refractivity contribution < 1.29 is 14.3 Å². The first-order valence-electron chi connectivity index (χ1n) is 4.47. The quantitative estimate of drug-likeness (QED) is 0.479. The van der Waals surface area contributed by atoms with Crippen molar-refractivity contribution in [3.8, 4) is 0 Å². The van der Waals surface area contributed by atoms with Gasteiger partial charge in [0.25, 0.3) is 0 Å². The van der Waals surface area contributed by atoms with Gasteiger partial charge >= 0.3 is 11.9 Å². The normalized spacial score (nSPS) is 14.1. The molecule has 71 valence electrons. The second-order valence-electron chi connectivity index (χ2n) is 3.30. The Morgan fingerprint density at radius 2 is 1.93 bits per heavy atom. The third-order valence-corrected chi connectivity index (χ3v) is 2.45. The monoisotopic (exact) mass is 197 g/mol. The van der Waals surface area contributed by atoms with Crippen molar-refractivity contribution in [3.63, 3.8) is 0 Å². The summed E-state index contributed by atoms with van der Waals surface area (Å²) in [7, 11) is 0. The number of cyclic esters (lactones) is 2. The Morgan fingerprint density at radius 1 is 1.07 bits per heavy atom. The largest absolute Gasteiger partial charge is 0.386 e. The summed E-state index contributed by atoms with van der Waals surface area (Å²) in [6, 6.07) is 11.7. The van der Waals surface area contributed by atoms with Crippen LogP contribution in [0.5, 0.6) is 0 Å². The number of rotatable bonds is 0. The highest BCUT2D eigenvalue weighted by Crippen LogP contribution is 2.27. The summed E-state index contributed by atoms with van der Waals surface area (Å²) in [6.07, 6.45) is 0. The Morgan fingerprint density at radius 3 is 2.80 bits per heavy atom. The molecule has 0 fully saturated rings. The Balaban J connectivity index is 2.49. The second kappa shape index (κ2) is 2.67. The zero-order chi connectivity index (χ0) is 10.4. The fraction of sp³-hybridized carbons (Fsp3) is 0. The first-order chi connectivity index (χ1) is 7.27. The van der Waals surface area contributed by atoms with Crippen LogP contribution in [0.25, 0.3) is 10.8 Å². The van der Waals surface area contributed by atoms with E-state index in [-0.39, 0.29) is 0 Å². The lowest BCUT2D eigenvalue weighted by molar-refractivity contribution is 0.0444. The number of carbonyl (C=O) groups excluding carboxylic acids is 2. The van der Waals surface area contributed by atoms with Gasteiger partial charge in [0, 0.05) is 0 Å². The molecule has 15 heavy (non-hydrogen) atoms. The van der Waals surface area contributed by atoms with E-state index >= 15 is 0 Å². The van der Waals surface area contributed by atoms with Crippen molar-refractivity contribution in [2.75, 3.05) is 0 Å². The third kappa shape index (κ3) is 1.00. The van der Waals surface area contributed by atoms with Gasteiger partial charge in [-0.25, -0.2) is 9.59 Å². The van der Waals surface area contributed by atoms with Gasteiger partial charge in [0.1, 0.15) is 0 Å². The van der Waals surface area contributed by atoms with Gasteiger partial charge in [-0.2, -0.15) is 0 Å². The van der Waals surface area contributed by atoms with E-state index in [9.17, 15) is 9.59 Å². The molecular formula is C12H5O3. The van der Waals surface area contributed by atoms with Gasteiger partial charge in [-0.3, -0.25) is 0 Å². The fourth-order valence-corrected chi connectivity index (χ4v) is 1.78. The molecule has 1 aliphatic heterocycles. The van der Waals surface area contributed by atoms with Gasteiger partial charge in [0.15, 0.2) is 0 Å². The molecule has 1 radical (unpaired) electrons. The number of carbonyl (C=O) groups is 2. The van der Waals surface area contributed by atoms with Crippen molar-refractivity contribution in [3.05, 3.63) is 47.5 Å². The maximum Gasteiger partial charge on any atom is 0.347 e. The van der Waals surface area contributed by atoms with E-state index < -0.39 is 11.9 Å². The molecule has 0 unspecified atom stereocenters. The van der Waals surface area contributed by atoms with Crippen LogP contribution in [0.3, 0.4) is 0 Å². The third-order valence-electron chi connectivity index (χ3n) is 2.45. The maximum absolute atomic E-state index is 11.4. The highest BCUT2D eigenvalue weighted by Gasteiger charge is 2.31. The predicted molar refractivity (Wildman–Crippen MR) is 52.5 cm³/mol. The number of esters is 2. The van der Waals surface area contributed by atoms with Gasteiger partial charge < -0.3 is 4.74 Å². The van der Waals surface area contributed by atoms with Gasteiger partial charge in [0.2, 0.25) is 0 Å². The molecule has 0 atom stereocenters. The molecule has 1 aliphatic rings. The molecule has 3 rings (SSSR count). The van der Waals surface area contributed by atoms with Crippen molar-refractivity contribution in [1.29, 1.82) is 0 Å². The minimum atomic E-state index is -0.569. The minimum absolute atomic E-state index is 0.340. The molecule has 0 saturated heterocycles. The molecule has 0 spiro atoms. The average Bonchev–Trinajstić information content (AvgIpc) is 2.55. The van der Waals surface area contributed by atoms with Crippen LogP contribution in [0.2, 0.25) is 0 Å². The van der Waals surface area contributed by atoms with Crippen molar-refractivity contribution >= 4 is 22.7 Å². The SMILES string of the molecule is O=C1OC(=O)c2c1ccc1[c]cccc21. The van der Waals surface area contributed by atoms with Crippen LogP contribution in [-0.4, -0.2) is 11.9 Å². The van der Waals surface area contributed by atoms with E-state index in [0.717, 1.165) is 5.39 Å². The van der Waals surface area contributed by atoms with Crippen LogP contribution in [0, 0.1) is 6.07 Å². The van der Waals surface area contributed by atoms with E-state index in [1.54, 1.807) is 30.3 Å². The zero-order valence-electron chi connectivity index (χ0n) is 7.61. The molecule has 0 aliphatic carbocycles. The van der Waals surface area contributed by atoms with Crippen molar-refractivity contribution in [2.24, 2.45) is 0 Å². The van der Waals surface area contributed by atoms with E-state index in [1.165, 1.54) is 0 Å². The number of benzene rings is 2. The Bertz CT molecular complexity index is 599. The molecular weight excluding hydrogens is 192 g/mol. The number of hydrogen-bond donors (Lipinski definition) is 0. The lowest BCUT2D eigenvalue weighted by Gasteiger charge is -1.99. The predicted octanol–water partition coefficient (Wildman–Crippen LogP) is 1.95. The molecule has 0 saturated carbocycles. The average molecular weight is 197 g/mol. The van der Waals surface area contributed by atoms with E-state index in [2.05, 4.69) is 10.8 Å². The number of fused-ring (bicyclic) bond motifs is 3. The van der Waals surface area contributed by atoms with Crippen LogP contribution < -0.4 is 0 Å². The summed E-state index contributed by atoms with van der Waals surface area (Å²) < 4.78 is 4.55. The van der Waals surface area contributed by atoms with Gasteiger partial charge in [-0.1, -0.05) is 24.3 Å². The van der Waals surface area contributed by atoms with E-state index in [4.69, 9.17) is 0 Å². The summed E-state index contributed by atoms with van der Waals surface area (Å²) in [4.78, 5) is 22.7. The zero-order valence-corrected chi connectivity index (χ0v) is 7.61. The number of hydrogen-bond acceptors (Lipinski definition) is 3. The summed E-state index contributed by atoms with van der Waals surface area (Å²) in [5.41, 5.74) is 0.696. The van der Waals surface area contributed by atoms with Gasteiger partial charge in [-0.05, 0) is 22.9 Å². The van der Waals surface area contributed by atoms with Gasteiger partial charge in [-0.15, -0.1) is 0 Å². The standard InChI is InChI=1S/C12H5O3/c13-11-9-6-5-7-3-1-2-4-8(7)10(9)12(14)15-11/h1-2,4-6H. The second-order valence-corrected chi connectivity index (χ2v) is 3.30. The minimum Gasteiger partial charge on any atom is -0.386 e. The first-order valence-corrected chi connectivity index (χ1v) is 4.47. The molecule has 2 aromatic rings. The van der Waals surface area contributed by atoms with E-state index in [0.29, 0.717) is 16.5 Å². The molecule has 2 aromatic carbocycles. The fourth-order valence-electron chi connectivity index (χ4n) is 1.78. The van der Waals surface area contributed by atoms with Crippen LogP contribution in [0.4, 0.5) is 0 Å². The number of ether oxygens (including phenoxy) is 1. The summed E-state index contributed by atoms with van der Waals surface area (Å²) in [5.74, 6) is -1.14. The molecule has 0 amide bonds. The Hall–Kier alpha value is -2.16. The highest BCUT2D eigenvalue weighted by atomic mass is 16.6. The Kier molecular flexibility index (Phi) is 1.45. The lowest BCUT2D eigenvalue weighted by atomic mass is 10.0.